The molecule has 1 N–H and O–H groups in total. The summed E-state index contributed by atoms with van der Waals surface area (Å²) < 4.78 is 41.0. The summed E-state index contributed by atoms with van der Waals surface area (Å²) >= 11 is 12.3. The van der Waals surface area contributed by atoms with E-state index in [0.717, 1.165) is 0 Å². The van der Waals surface area contributed by atoms with Crippen LogP contribution in [0.2, 0.25) is 10.0 Å². The third-order valence-electron chi connectivity index (χ3n) is 6.21. The van der Waals surface area contributed by atoms with Crippen LogP contribution in [0.15, 0.2) is 36.8 Å². The lowest BCUT2D eigenvalue weighted by Crippen LogP contribution is -2.53. The van der Waals surface area contributed by atoms with Gasteiger partial charge in [-0.1, -0.05) is 29.3 Å². The number of hydrogen-bond acceptors (Lipinski definition) is 5. The Morgan fingerprint density at radius 2 is 2.00 bits per heavy atom. The van der Waals surface area contributed by atoms with Gasteiger partial charge in [-0.15, -0.1) is 0 Å². The summed E-state index contributed by atoms with van der Waals surface area (Å²) in [5, 5.41) is 1.88. The van der Waals surface area contributed by atoms with E-state index >= 15 is 0 Å². The lowest BCUT2D eigenvalue weighted by molar-refractivity contribution is -0.155. The highest BCUT2D eigenvalue weighted by Crippen LogP contribution is 2.35. The lowest BCUT2D eigenvalue weighted by Gasteiger charge is -2.40. The first-order chi connectivity index (χ1) is 16.2. The van der Waals surface area contributed by atoms with Gasteiger partial charge in [0.05, 0.1) is 26.7 Å². The Balaban J connectivity index is 1.49. The Morgan fingerprint density at radius 3 is 2.68 bits per heavy atom. The summed E-state index contributed by atoms with van der Waals surface area (Å²) in [6.45, 7) is 3.87. The van der Waals surface area contributed by atoms with Crippen molar-refractivity contribution in [3.05, 3.63) is 63.1 Å². The molecule has 1 saturated heterocycles. The van der Waals surface area contributed by atoms with E-state index in [4.69, 9.17) is 28.2 Å². The van der Waals surface area contributed by atoms with Gasteiger partial charge in [-0.2, -0.15) is 13.2 Å². The fourth-order valence-electron chi connectivity index (χ4n) is 4.55. The second-order valence-electron chi connectivity index (χ2n) is 8.51. The molecule has 0 aromatic carbocycles. The maximum atomic E-state index is 13.7. The molecule has 1 fully saturated rings. The minimum absolute atomic E-state index is 0.00940. The van der Waals surface area contributed by atoms with Crippen molar-refractivity contribution in [1.82, 2.24) is 19.9 Å². The number of aromatic amines is 1. The third-order valence-corrected chi connectivity index (χ3v) is 6.70. The van der Waals surface area contributed by atoms with Gasteiger partial charge in [-0.05, 0) is 42.7 Å². The number of nitrogens with zero attached hydrogens (tertiary/aromatic N) is 5. The summed E-state index contributed by atoms with van der Waals surface area (Å²) in [5.74, 6) is -0.381. The van der Waals surface area contributed by atoms with Gasteiger partial charge in [0.1, 0.15) is 5.82 Å². The van der Waals surface area contributed by atoms with Gasteiger partial charge >= 0.3 is 6.18 Å². The van der Waals surface area contributed by atoms with E-state index in [9.17, 15) is 13.2 Å². The Bertz CT molecular complexity index is 1320. The van der Waals surface area contributed by atoms with Crippen LogP contribution >= 0.6 is 23.2 Å². The van der Waals surface area contributed by atoms with Crippen molar-refractivity contribution in [3.8, 4) is 0 Å². The SMILES string of the molecule is C[C@@H]1CN(c2ncc(Cl)cc2Cl)CCN1c1nc2c([nH]1)=CC(C(F)(F)F)CC=2c1cccnc1. The molecule has 0 bridgehead atoms. The van der Waals surface area contributed by atoms with E-state index < -0.39 is 12.1 Å². The summed E-state index contributed by atoms with van der Waals surface area (Å²) in [5.41, 5.74) is 1.18. The highest BCUT2D eigenvalue weighted by Gasteiger charge is 2.40. The molecule has 11 heteroatoms. The molecule has 0 spiro atoms. The molecule has 3 aromatic rings. The van der Waals surface area contributed by atoms with Gasteiger partial charge in [-0.25, -0.2) is 9.97 Å². The fourth-order valence-corrected chi connectivity index (χ4v) is 5.05. The maximum absolute atomic E-state index is 13.7. The number of anilines is 2. The molecule has 1 unspecified atom stereocenters. The van der Waals surface area contributed by atoms with Gasteiger partial charge in [0.2, 0.25) is 5.95 Å². The van der Waals surface area contributed by atoms with E-state index in [1.807, 2.05) is 6.92 Å². The van der Waals surface area contributed by atoms with Crippen LogP contribution in [0.5, 0.6) is 0 Å². The van der Waals surface area contributed by atoms with E-state index in [2.05, 4.69) is 24.8 Å². The molecule has 2 atom stereocenters. The Morgan fingerprint density at radius 1 is 1.18 bits per heavy atom. The molecule has 0 saturated carbocycles. The van der Waals surface area contributed by atoms with Crippen LogP contribution in [0, 0.1) is 5.92 Å². The second kappa shape index (κ2) is 8.78. The van der Waals surface area contributed by atoms with Crippen molar-refractivity contribution in [2.45, 2.75) is 25.6 Å². The molecular formula is C23H21Cl2F3N6. The first-order valence-corrected chi connectivity index (χ1v) is 11.6. The summed E-state index contributed by atoms with van der Waals surface area (Å²) in [6, 6.07) is 5.15. The van der Waals surface area contributed by atoms with Gasteiger partial charge in [0.15, 0.2) is 0 Å². The van der Waals surface area contributed by atoms with Gasteiger partial charge in [0.25, 0.3) is 0 Å². The van der Waals surface area contributed by atoms with E-state index in [1.54, 1.807) is 36.8 Å². The van der Waals surface area contributed by atoms with Crippen LogP contribution in [-0.4, -0.2) is 51.8 Å². The first-order valence-electron chi connectivity index (χ1n) is 10.8. The zero-order chi connectivity index (χ0) is 24.0. The number of fused-ring (bicyclic) bond motifs is 1. The summed E-state index contributed by atoms with van der Waals surface area (Å²) in [6.07, 6.45) is 1.46. The largest absolute Gasteiger partial charge is 0.395 e. The number of nitrogens with one attached hydrogen (secondary N) is 1. The van der Waals surface area contributed by atoms with Gasteiger partial charge < -0.3 is 14.8 Å². The molecule has 4 heterocycles. The van der Waals surface area contributed by atoms with Crippen molar-refractivity contribution in [2.75, 3.05) is 29.4 Å². The highest BCUT2D eigenvalue weighted by atomic mass is 35.5. The zero-order valence-electron chi connectivity index (χ0n) is 18.2. The Kier molecular flexibility index (Phi) is 5.93. The minimum Gasteiger partial charge on any atom is -0.352 e. The van der Waals surface area contributed by atoms with Crippen LogP contribution in [0.25, 0.3) is 11.6 Å². The molecule has 178 valence electrons. The van der Waals surface area contributed by atoms with Crippen LogP contribution in [0.4, 0.5) is 24.9 Å². The van der Waals surface area contributed by atoms with Crippen molar-refractivity contribution in [2.24, 2.45) is 5.92 Å². The molecule has 0 radical (unpaired) electrons. The molecule has 0 amide bonds. The normalized spacial score (nSPS) is 20.8. The predicted molar refractivity (Wildman–Crippen MR) is 126 cm³/mol. The number of piperazine rings is 1. The van der Waals surface area contributed by atoms with Crippen LogP contribution in [-0.2, 0) is 0 Å². The van der Waals surface area contributed by atoms with Gasteiger partial charge in [0, 0.05) is 44.3 Å². The molecule has 5 rings (SSSR count). The number of halogens is 5. The number of pyridine rings is 2. The molecule has 6 nitrogen and oxygen atoms in total. The van der Waals surface area contributed by atoms with E-state index in [1.165, 1.54) is 6.08 Å². The number of imidazole rings is 1. The first kappa shape index (κ1) is 23.0. The molecule has 1 aliphatic carbocycles. The number of aromatic nitrogens is 4. The number of rotatable bonds is 3. The Hall–Kier alpha value is -2.78. The highest BCUT2D eigenvalue weighted by molar-refractivity contribution is 6.36. The minimum atomic E-state index is -4.35. The topological polar surface area (TPSA) is 60.9 Å². The van der Waals surface area contributed by atoms with Crippen molar-refractivity contribution in [3.63, 3.8) is 0 Å². The van der Waals surface area contributed by atoms with Crippen LogP contribution in [0.3, 0.4) is 0 Å². The van der Waals surface area contributed by atoms with Crippen LogP contribution < -0.4 is 20.5 Å². The van der Waals surface area contributed by atoms with Crippen molar-refractivity contribution >= 4 is 46.6 Å². The number of hydrogen-bond donors (Lipinski definition) is 1. The second-order valence-corrected chi connectivity index (χ2v) is 9.35. The standard InChI is InChI=1S/C23H21Cl2F3N6/c1-13-12-33(21-18(25)9-16(24)11-30-21)5-6-34(13)22-31-19-8-15(23(26,27)28)7-17(20(19)32-22)14-3-2-4-29-10-14/h2-4,8-11,13,15H,5-7,12H2,1H3,(H,31,32)/t13-,15?/m1/s1. The average Bonchev–Trinajstić information content (AvgIpc) is 3.22. The van der Waals surface area contributed by atoms with Crippen LogP contribution in [0.1, 0.15) is 18.9 Å². The molecular weight excluding hydrogens is 488 g/mol. The number of alkyl halides is 3. The smallest absolute Gasteiger partial charge is 0.352 e. The van der Waals surface area contributed by atoms with E-state index in [-0.39, 0.29) is 12.5 Å². The van der Waals surface area contributed by atoms with Gasteiger partial charge in [-0.3, -0.25) is 4.98 Å². The average molecular weight is 509 g/mol. The lowest BCUT2D eigenvalue weighted by atomic mass is 9.90. The quantitative estimate of drug-likeness (QED) is 0.583. The molecule has 3 aromatic heterocycles. The van der Waals surface area contributed by atoms with E-state index in [0.29, 0.717) is 63.3 Å². The monoisotopic (exact) mass is 508 g/mol. The van der Waals surface area contributed by atoms with Crippen molar-refractivity contribution in [1.29, 1.82) is 0 Å². The Labute approximate surface area is 203 Å². The zero-order valence-corrected chi connectivity index (χ0v) is 19.7. The number of H-pyrrole nitrogens is 1. The predicted octanol–water partition coefficient (Wildman–Crippen LogP) is 3.78. The maximum Gasteiger partial charge on any atom is 0.395 e. The summed E-state index contributed by atoms with van der Waals surface area (Å²) in [4.78, 5) is 20.5. The summed E-state index contributed by atoms with van der Waals surface area (Å²) in [7, 11) is 0. The van der Waals surface area contributed by atoms with Crippen molar-refractivity contribution < 1.29 is 13.2 Å². The molecule has 1 aliphatic heterocycles. The fraction of sp³-hybridized carbons (Fsp3) is 0.348. The molecule has 2 aliphatic rings. The third kappa shape index (κ3) is 4.34. The molecule has 34 heavy (non-hydrogen) atoms.